The highest BCUT2D eigenvalue weighted by Crippen LogP contribution is 2.10. The van der Waals surface area contributed by atoms with Gasteiger partial charge in [0.25, 0.3) is 0 Å². The maximum Gasteiger partial charge on any atom is 0.526 e. The summed E-state index contributed by atoms with van der Waals surface area (Å²) < 4.78 is 28.2. The second-order valence-electron chi connectivity index (χ2n) is 5.50. The van der Waals surface area contributed by atoms with Crippen molar-refractivity contribution in [1.82, 2.24) is 4.90 Å². The van der Waals surface area contributed by atoms with Gasteiger partial charge < -0.3 is 14.5 Å². The van der Waals surface area contributed by atoms with Gasteiger partial charge in [-0.15, -0.1) is 0 Å². The number of rotatable bonds is 8. The lowest BCUT2D eigenvalue weighted by molar-refractivity contribution is 0.249. The van der Waals surface area contributed by atoms with Gasteiger partial charge in [0.2, 0.25) is 0 Å². The first-order valence-corrected chi connectivity index (χ1v) is 9.28. The third-order valence-electron chi connectivity index (χ3n) is 3.34. The zero-order valence-electron chi connectivity index (χ0n) is 12.9. The van der Waals surface area contributed by atoms with Crippen molar-refractivity contribution in [2.75, 3.05) is 18.6 Å². The summed E-state index contributed by atoms with van der Waals surface area (Å²) in [7, 11) is -4.71. The van der Waals surface area contributed by atoms with Gasteiger partial charge in [-0.2, -0.15) is 0 Å². The minimum absolute atomic E-state index is 0.0516. The maximum absolute atomic E-state index is 11.4. The maximum atomic E-state index is 11.4. The van der Waals surface area contributed by atoms with Crippen LogP contribution in [-0.2, 0) is 22.9 Å². The average Bonchev–Trinajstić information content (AvgIpc) is 2.94. The minimum atomic E-state index is -3.06. The fourth-order valence-corrected chi connectivity index (χ4v) is 2.78. The highest BCUT2D eigenvalue weighted by Gasteiger charge is 2.18. The van der Waals surface area contributed by atoms with Crippen molar-refractivity contribution >= 4 is 22.6 Å². The molecule has 0 amide bonds. The summed E-state index contributed by atoms with van der Waals surface area (Å²) in [5, 5.41) is 18.2. The summed E-state index contributed by atoms with van der Waals surface area (Å²) in [6, 6.07) is 12.9. The van der Waals surface area contributed by atoms with Crippen LogP contribution in [0, 0.1) is 0 Å². The van der Waals surface area contributed by atoms with Crippen LogP contribution >= 0.6 is 0 Å². The van der Waals surface area contributed by atoms with E-state index in [2.05, 4.69) is 0 Å². The largest absolute Gasteiger partial charge is 0.526 e. The third-order valence-corrected chi connectivity index (χ3v) is 4.27. The Hall–Kier alpha value is -1.61. The number of hydrogen-bond donors (Lipinski definition) is 2. The van der Waals surface area contributed by atoms with Crippen molar-refractivity contribution in [1.29, 1.82) is 0 Å². The zero-order valence-corrected chi connectivity index (χ0v) is 13.7. The molecule has 1 aromatic carbocycles. The molecule has 1 aromatic heterocycles. The third kappa shape index (κ3) is 6.19. The van der Waals surface area contributed by atoms with Gasteiger partial charge >= 0.3 is 7.12 Å². The van der Waals surface area contributed by atoms with Crippen LogP contribution in [-0.4, -0.2) is 49.0 Å². The molecular formula is C15H20BNO5S. The molecule has 0 aliphatic heterocycles. The standard InChI is InChI=1S/C15H20BNO5S/c1-23(20,21)10-9-17(11-13-5-3-2-4-6-13)12-14-7-8-15(22-14)16(18)19/h2-8,18-19H,9-12H2,1H3. The van der Waals surface area contributed by atoms with E-state index in [0.717, 1.165) is 5.56 Å². The normalized spacial score (nSPS) is 11.8. The summed E-state index contributed by atoms with van der Waals surface area (Å²) in [6.07, 6.45) is 1.21. The van der Waals surface area contributed by atoms with Gasteiger partial charge in [0.1, 0.15) is 21.3 Å². The molecule has 1 heterocycles. The van der Waals surface area contributed by atoms with Crippen LogP contribution in [0.2, 0.25) is 0 Å². The molecule has 124 valence electrons. The van der Waals surface area contributed by atoms with Gasteiger partial charge in [-0.3, -0.25) is 4.90 Å². The highest BCUT2D eigenvalue weighted by molar-refractivity contribution is 7.90. The molecule has 0 atom stereocenters. The van der Waals surface area contributed by atoms with Crippen LogP contribution < -0.4 is 5.66 Å². The Morgan fingerprint density at radius 1 is 1.09 bits per heavy atom. The van der Waals surface area contributed by atoms with Gasteiger partial charge in [-0.1, -0.05) is 30.3 Å². The summed E-state index contributed by atoms with van der Waals surface area (Å²) in [5.41, 5.74) is 1.14. The molecule has 0 saturated carbocycles. The molecule has 0 bridgehead atoms. The molecule has 0 fully saturated rings. The van der Waals surface area contributed by atoms with Gasteiger partial charge in [0, 0.05) is 19.3 Å². The Morgan fingerprint density at radius 2 is 1.78 bits per heavy atom. The van der Waals surface area contributed by atoms with Crippen LogP contribution in [0.4, 0.5) is 0 Å². The van der Waals surface area contributed by atoms with E-state index in [1.54, 1.807) is 6.07 Å². The monoisotopic (exact) mass is 337 g/mol. The molecule has 0 radical (unpaired) electrons. The van der Waals surface area contributed by atoms with Gasteiger partial charge in [0.15, 0.2) is 0 Å². The summed E-state index contributed by atoms with van der Waals surface area (Å²) in [4.78, 5) is 1.95. The molecule has 2 rings (SSSR count). The van der Waals surface area contributed by atoms with Gasteiger partial charge in [-0.05, 0) is 17.7 Å². The Morgan fingerprint density at radius 3 is 2.35 bits per heavy atom. The molecule has 2 N–H and O–H groups in total. The molecule has 8 heteroatoms. The topological polar surface area (TPSA) is 91.0 Å². The molecule has 2 aromatic rings. The first kappa shape index (κ1) is 17.7. The molecule has 0 unspecified atom stereocenters. The van der Waals surface area contributed by atoms with Crippen LogP contribution in [0.25, 0.3) is 0 Å². The van der Waals surface area contributed by atoms with Crippen molar-refractivity contribution in [3.05, 3.63) is 53.8 Å². The van der Waals surface area contributed by atoms with E-state index in [-0.39, 0.29) is 11.4 Å². The molecule has 0 aliphatic carbocycles. The first-order valence-electron chi connectivity index (χ1n) is 7.22. The molecule has 6 nitrogen and oxygen atoms in total. The first-order chi connectivity index (χ1) is 10.8. The smallest absolute Gasteiger partial charge is 0.468 e. The SMILES string of the molecule is CS(=O)(=O)CCN(Cc1ccccc1)Cc1ccc(B(O)O)o1. The lowest BCUT2D eigenvalue weighted by Crippen LogP contribution is -2.29. The van der Waals surface area contributed by atoms with Crippen LogP contribution in [0.5, 0.6) is 0 Å². The predicted molar refractivity (Wildman–Crippen MR) is 88.8 cm³/mol. The fourth-order valence-electron chi connectivity index (χ4n) is 2.19. The zero-order chi connectivity index (χ0) is 16.9. The van der Waals surface area contributed by atoms with Crippen molar-refractivity contribution in [3.63, 3.8) is 0 Å². The number of sulfone groups is 1. The Bertz CT molecular complexity index is 714. The summed E-state index contributed by atoms with van der Waals surface area (Å²) in [6.45, 7) is 1.33. The number of furan rings is 1. The molecular weight excluding hydrogens is 317 g/mol. The number of benzene rings is 1. The molecule has 23 heavy (non-hydrogen) atoms. The molecule has 0 spiro atoms. The van der Waals surface area contributed by atoms with Crippen LogP contribution in [0.3, 0.4) is 0 Å². The molecule has 0 aliphatic rings. The second kappa shape index (κ2) is 7.78. The van der Waals surface area contributed by atoms with Crippen molar-refractivity contribution in [3.8, 4) is 0 Å². The molecule has 0 saturated heterocycles. The second-order valence-corrected chi connectivity index (χ2v) is 7.76. The van der Waals surface area contributed by atoms with Crippen molar-refractivity contribution in [2.24, 2.45) is 0 Å². The lowest BCUT2D eigenvalue weighted by Gasteiger charge is -2.21. The predicted octanol–water partition coefficient (Wildman–Crippen LogP) is 0.00620. The highest BCUT2D eigenvalue weighted by atomic mass is 32.2. The van der Waals surface area contributed by atoms with E-state index in [0.29, 0.717) is 25.4 Å². The van der Waals surface area contributed by atoms with Crippen molar-refractivity contribution in [2.45, 2.75) is 13.1 Å². The number of nitrogens with zero attached hydrogens (tertiary/aromatic N) is 1. The minimum Gasteiger partial charge on any atom is -0.468 e. The van der Waals surface area contributed by atoms with Crippen LogP contribution in [0.15, 0.2) is 46.9 Å². The van der Waals surface area contributed by atoms with Gasteiger partial charge in [0.05, 0.1) is 12.3 Å². The summed E-state index contributed by atoms with van der Waals surface area (Å²) in [5.74, 6) is 0.605. The van der Waals surface area contributed by atoms with E-state index in [1.165, 1.54) is 12.3 Å². The Kier molecular flexibility index (Phi) is 6.00. The van der Waals surface area contributed by atoms with Crippen LogP contribution in [0.1, 0.15) is 11.3 Å². The van der Waals surface area contributed by atoms with Crippen molar-refractivity contribution < 1.29 is 22.9 Å². The average molecular weight is 337 g/mol. The number of hydrogen-bond acceptors (Lipinski definition) is 6. The summed E-state index contributed by atoms with van der Waals surface area (Å²) >= 11 is 0. The lowest BCUT2D eigenvalue weighted by atomic mass is 9.88. The van der Waals surface area contributed by atoms with E-state index in [9.17, 15) is 8.42 Å². The van der Waals surface area contributed by atoms with E-state index < -0.39 is 17.0 Å². The fraction of sp³-hybridized carbons (Fsp3) is 0.333. The van der Waals surface area contributed by atoms with E-state index in [1.807, 2.05) is 35.2 Å². The Labute approximate surface area is 136 Å². The van der Waals surface area contributed by atoms with E-state index >= 15 is 0 Å². The quantitative estimate of drug-likeness (QED) is 0.660. The van der Waals surface area contributed by atoms with E-state index in [4.69, 9.17) is 14.5 Å². The Balaban J connectivity index is 2.08. The van der Waals surface area contributed by atoms with Gasteiger partial charge in [-0.25, -0.2) is 8.42 Å².